The van der Waals surface area contributed by atoms with Gasteiger partial charge in [0.05, 0.1) is 12.7 Å². The second kappa shape index (κ2) is 10.8. The molecule has 1 atom stereocenters. The predicted octanol–water partition coefficient (Wildman–Crippen LogP) is 2.41. The van der Waals surface area contributed by atoms with Crippen LogP contribution in [0.5, 0.6) is 5.75 Å². The molecule has 1 aliphatic heterocycles. The average Bonchev–Trinajstić information content (AvgIpc) is 2.78. The number of benzene rings is 1. The Hall–Kier alpha value is -3.60. The van der Waals surface area contributed by atoms with Crippen LogP contribution in [0.15, 0.2) is 30.3 Å². The third-order valence-electron chi connectivity index (χ3n) is 5.85. The first-order valence-corrected chi connectivity index (χ1v) is 11.1. The van der Waals surface area contributed by atoms with Gasteiger partial charge in [-0.05, 0) is 56.0 Å². The number of nitrogens with one attached hydrogen (secondary N) is 2. The Labute approximate surface area is 195 Å². The Morgan fingerprint density at radius 3 is 2.64 bits per heavy atom. The Bertz CT molecular complexity index is 1050. The first-order chi connectivity index (χ1) is 15.8. The summed E-state index contributed by atoms with van der Waals surface area (Å²) >= 11 is 0. The molecule has 0 spiro atoms. The zero-order chi connectivity index (χ0) is 24.0. The van der Waals surface area contributed by atoms with Gasteiger partial charge in [-0.15, -0.1) is 0 Å². The molecule has 0 aliphatic carbocycles. The second-order valence-corrected chi connectivity index (χ2v) is 8.47. The maximum Gasteiger partial charge on any atom is 0.243 e. The molecule has 1 aromatic heterocycles. The van der Waals surface area contributed by atoms with Crippen molar-refractivity contribution in [3.63, 3.8) is 0 Å². The van der Waals surface area contributed by atoms with Gasteiger partial charge in [0.25, 0.3) is 0 Å². The number of amides is 2. The highest BCUT2D eigenvalue weighted by molar-refractivity contribution is 5.87. The fourth-order valence-corrected chi connectivity index (χ4v) is 4.21. The number of aryl methyl sites for hydroxylation is 2. The molecule has 2 heterocycles. The molecule has 0 unspecified atom stereocenters. The molecule has 1 saturated heterocycles. The van der Waals surface area contributed by atoms with E-state index >= 15 is 0 Å². The summed E-state index contributed by atoms with van der Waals surface area (Å²) in [6, 6.07) is 11.0. The third kappa shape index (κ3) is 6.22. The molecule has 8 nitrogen and oxygen atoms in total. The van der Waals surface area contributed by atoms with Crippen LogP contribution in [0.3, 0.4) is 0 Å². The number of nitrogens with zero attached hydrogens (tertiary/aromatic N) is 3. The van der Waals surface area contributed by atoms with Crippen molar-refractivity contribution in [1.29, 1.82) is 5.26 Å². The third-order valence-corrected chi connectivity index (χ3v) is 5.85. The fourth-order valence-electron chi connectivity index (χ4n) is 4.21. The van der Waals surface area contributed by atoms with E-state index in [9.17, 15) is 14.9 Å². The highest BCUT2D eigenvalue weighted by Crippen LogP contribution is 2.25. The van der Waals surface area contributed by atoms with E-state index in [1.165, 1.54) is 6.92 Å². The standard InChI is InChI=1S/C25H31N5O3/c1-16-12-17(2)27-24(22(16)15-26)30-10-8-20(9-11-30)29-25(32)23(28-18(3)31)14-19-6-5-7-21(13-19)33-4/h5-7,12-13,20,23H,8-11,14H2,1-4H3,(H,28,31)(H,29,32)/t23-/m0/s1. The van der Waals surface area contributed by atoms with Crippen LogP contribution >= 0.6 is 0 Å². The van der Waals surface area contributed by atoms with Crippen LogP contribution in [0.1, 0.15) is 42.1 Å². The fraction of sp³-hybridized carbons (Fsp3) is 0.440. The number of rotatable bonds is 7. The van der Waals surface area contributed by atoms with Gasteiger partial charge in [0.15, 0.2) is 0 Å². The van der Waals surface area contributed by atoms with Crippen molar-refractivity contribution in [3.8, 4) is 11.8 Å². The summed E-state index contributed by atoms with van der Waals surface area (Å²) in [7, 11) is 1.59. The van der Waals surface area contributed by atoms with Gasteiger partial charge in [0.1, 0.15) is 23.7 Å². The number of carbonyl (C=O) groups excluding carboxylic acids is 2. The number of hydrogen-bond acceptors (Lipinski definition) is 6. The van der Waals surface area contributed by atoms with Crippen LogP contribution in [0, 0.1) is 25.2 Å². The molecule has 0 bridgehead atoms. The Morgan fingerprint density at radius 1 is 1.27 bits per heavy atom. The first kappa shape index (κ1) is 24.1. The van der Waals surface area contributed by atoms with Crippen molar-refractivity contribution in [1.82, 2.24) is 15.6 Å². The SMILES string of the molecule is COc1cccc(C[C@H](NC(C)=O)C(=O)NC2CCN(c3nc(C)cc(C)c3C#N)CC2)c1. The van der Waals surface area contributed by atoms with E-state index < -0.39 is 6.04 Å². The van der Waals surface area contributed by atoms with Gasteiger partial charge >= 0.3 is 0 Å². The molecule has 3 rings (SSSR count). The van der Waals surface area contributed by atoms with E-state index in [0.29, 0.717) is 36.6 Å². The Kier molecular flexibility index (Phi) is 7.88. The molecule has 174 valence electrons. The van der Waals surface area contributed by atoms with Crippen LogP contribution in [-0.2, 0) is 16.0 Å². The minimum atomic E-state index is -0.668. The molecule has 8 heteroatoms. The topological polar surface area (TPSA) is 107 Å². The number of nitriles is 1. The number of piperidine rings is 1. The zero-order valence-corrected chi connectivity index (χ0v) is 19.6. The molecule has 2 N–H and O–H groups in total. The summed E-state index contributed by atoms with van der Waals surface area (Å²) < 4.78 is 5.26. The van der Waals surface area contributed by atoms with E-state index in [2.05, 4.69) is 26.6 Å². The number of carbonyl (C=O) groups is 2. The van der Waals surface area contributed by atoms with Gasteiger partial charge in [0.2, 0.25) is 11.8 Å². The number of hydrogen-bond donors (Lipinski definition) is 2. The van der Waals surface area contributed by atoms with Crippen LogP contribution in [0.25, 0.3) is 0 Å². The zero-order valence-electron chi connectivity index (χ0n) is 19.6. The lowest BCUT2D eigenvalue weighted by Crippen LogP contribution is -2.52. The van der Waals surface area contributed by atoms with Crippen molar-refractivity contribution < 1.29 is 14.3 Å². The highest BCUT2D eigenvalue weighted by Gasteiger charge is 2.27. The molecular weight excluding hydrogens is 418 g/mol. The number of pyridine rings is 1. The number of aromatic nitrogens is 1. The van der Waals surface area contributed by atoms with E-state index in [1.807, 2.05) is 44.2 Å². The lowest BCUT2D eigenvalue weighted by atomic mass is 10.0. The van der Waals surface area contributed by atoms with Crippen molar-refractivity contribution in [2.75, 3.05) is 25.1 Å². The maximum absolute atomic E-state index is 13.0. The summed E-state index contributed by atoms with van der Waals surface area (Å²) in [5.74, 6) is 0.971. The van der Waals surface area contributed by atoms with Crippen molar-refractivity contribution in [3.05, 3.63) is 52.7 Å². The van der Waals surface area contributed by atoms with Crippen molar-refractivity contribution in [2.24, 2.45) is 0 Å². The van der Waals surface area contributed by atoms with Gasteiger partial charge < -0.3 is 20.3 Å². The monoisotopic (exact) mass is 449 g/mol. The molecule has 2 amide bonds. The summed E-state index contributed by atoms with van der Waals surface area (Å²) in [5, 5.41) is 15.4. The molecule has 1 aromatic carbocycles. The molecule has 2 aromatic rings. The predicted molar refractivity (Wildman–Crippen MR) is 126 cm³/mol. The van der Waals surface area contributed by atoms with Crippen LogP contribution in [0.4, 0.5) is 5.82 Å². The smallest absolute Gasteiger partial charge is 0.243 e. The van der Waals surface area contributed by atoms with E-state index in [-0.39, 0.29) is 17.9 Å². The quantitative estimate of drug-likeness (QED) is 0.672. The van der Waals surface area contributed by atoms with Gasteiger partial charge in [-0.25, -0.2) is 4.98 Å². The lowest BCUT2D eigenvalue weighted by Gasteiger charge is -2.34. The second-order valence-electron chi connectivity index (χ2n) is 8.47. The molecule has 1 fully saturated rings. The number of anilines is 1. The summed E-state index contributed by atoms with van der Waals surface area (Å²) in [4.78, 5) is 31.5. The van der Waals surface area contributed by atoms with E-state index in [1.54, 1.807) is 7.11 Å². The van der Waals surface area contributed by atoms with Crippen molar-refractivity contribution in [2.45, 2.75) is 52.1 Å². The molecule has 0 radical (unpaired) electrons. The lowest BCUT2D eigenvalue weighted by molar-refractivity contribution is -0.128. The average molecular weight is 450 g/mol. The number of methoxy groups -OCH3 is 1. The summed E-state index contributed by atoms with van der Waals surface area (Å²) in [6.45, 7) is 6.64. The Morgan fingerprint density at radius 2 is 2.00 bits per heavy atom. The van der Waals surface area contributed by atoms with Crippen LogP contribution in [-0.4, -0.2) is 49.1 Å². The molecule has 33 heavy (non-hydrogen) atoms. The van der Waals surface area contributed by atoms with Gasteiger partial charge in [0, 0.05) is 38.2 Å². The molecular formula is C25H31N5O3. The molecule has 0 saturated carbocycles. The maximum atomic E-state index is 13.0. The van der Waals surface area contributed by atoms with E-state index in [0.717, 1.165) is 29.7 Å². The largest absolute Gasteiger partial charge is 0.497 e. The number of ether oxygens (including phenoxy) is 1. The molecule has 1 aliphatic rings. The van der Waals surface area contributed by atoms with Gasteiger partial charge in [-0.2, -0.15) is 5.26 Å². The minimum Gasteiger partial charge on any atom is -0.497 e. The highest BCUT2D eigenvalue weighted by atomic mass is 16.5. The summed E-state index contributed by atoms with van der Waals surface area (Å²) in [6.07, 6.45) is 1.84. The van der Waals surface area contributed by atoms with Crippen molar-refractivity contribution >= 4 is 17.6 Å². The van der Waals surface area contributed by atoms with Gasteiger partial charge in [-0.1, -0.05) is 12.1 Å². The van der Waals surface area contributed by atoms with E-state index in [4.69, 9.17) is 4.74 Å². The van der Waals surface area contributed by atoms with Crippen LogP contribution < -0.4 is 20.3 Å². The minimum absolute atomic E-state index is 0.00763. The van der Waals surface area contributed by atoms with Gasteiger partial charge in [-0.3, -0.25) is 9.59 Å². The Balaban J connectivity index is 1.64. The van der Waals surface area contributed by atoms with Crippen LogP contribution in [0.2, 0.25) is 0 Å². The normalized spacial score (nSPS) is 14.8. The first-order valence-electron chi connectivity index (χ1n) is 11.1. The summed E-state index contributed by atoms with van der Waals surface area (Å²) in [5.41, 5.74) is 3.31.